The van der Waals surface area contributed by atoms with E-state index in [2.05, 4.69) is 21.2 Å². The molecule has 0 radical (unpaired) electrons. The van der Waals surface area contributed by atoms with Gasteiger partial charge in [0.05, 0.1) is 0 Å². The van der Waals surface area contributed by atoms with Gasteiger partial charge in [-0.3, -0.25) is 4.79 Å². The first kappa shape index (κ1) is 12.0. The summed E-state index contributed by atoms with van der Waals surface area (Å²) in [5, 5.41) is 2.82. The van der Waals surface area contributed by atoms with E-state index < -0.39 is 0 Å². The van der Waals surface area contributed by atoms with Crippen LogP contribution in [0.25, 0.3) is 0 Å². The van der Waals surface area contributed by atoms with Crippen molar-refractivity contribution < 1.29 is 9.53 Å². The fourth-order valence-corrected chi connectivity index (χ4v) is 1.38. The van der Waals surface area contributed by atoms with Gasteiger partial charge in [0, 0.05) is 11.6 Å². The lowest BCUT2D eigenvalue weighted by Gasteiger charge is -2.08. The predicted octanol–water partition coefficient (Wildman–Crippen LogP) is 2.56. The maximum absolute atomic E-state index is 11.6. The summed E-state index contributed by atoms with van der Waals surface area (Å²) in [4.78, 5) is 11.6. The smallest absolute Gasteiger partial charge is 0.251 e. The molecule has 0 bridgehead atoms. The number of carbonyl (C=O) groups is 1. The van der Waals surface area contributed by atoms with Gasteiger partial charge in [-0.15, -0.1) is 0 Å². The zero-order valence-corrected chi connectivity index (χ0v) is 10.4. The van der Waals surface area contributed by atoms with Gasteiger partial charge >= 0.3 is 0 Å². The minimum absolute atomic E-state index is 0.0598. The van der Waals surface area contributed by atoms with Crippen LogP contribution in [-0.2, 0) is 0 Å². The lowest BCUT2D eigenvalue weighted by molar-refractivity contribution is 0.0943. The summed E-state index contributed by atoms with van der Waals surface area (Å²) in [6.45, 7) is 3.86. The van der Waals surface area contributed by atoms with E-state index >= 15 is 0 Å². The summed E-state index contributed by atoms with van der Waals surface area (Å²) in [5.74, 6) is 0.684. The summed E-state index contributed by atoms with van der Waals surface area (Å²) < 4.78 is 5.21. The number of benzene rings is 1. The fraction of sp³-hybridized carbons (Fsp3) is 0.364. The summed E-state index contributed by atoms with van der Waals surface area (Å²) in [5.41, 5.74) is 1.09. The Kier molecular flexibility index (Phi) is 4.62. The molecule has 0 spiro atoms. The minimum Gasteiger partial charge on any atom is -0.482 e. The maximum atomic E-state index is 11.6. The third-order valence-electron chi connectivity index (χ3n) is 1.76. The molecule has 1 N–H and O–H groups in total. The molecule has 3 nitrogen and oxygen atoms in total. The monoisotopic (exact) mass is 271 g/mol. The SMILES string of the molecule is CC(C)NC(=O)c1ccc(OCBr)cc1. The molecule has 1 rings (SSSR count). The van der Waals surface area contributed by atoms with E-state index in [0.717, 1.165) is 5.75 Å². The van der Waals surface area contributed by atoms with E-state index in [1.807, 2.05) is 13.8 Å². The quantitative estimate of drug-likeness (QED) is 0.855. The lowest BCUT2D eigenvalue weighted by atomic mass is 10.2. The Hall–Kier alpha value is -1.03. The van der Waals surface area contributed by atoms with Crippen LogP contribution in [-0.4, -0.2) is 17.5 Å². The number of halogens is 1. The van der Waals surface area contributed by atoms with E-state index in [1.165, 1.54) is 0 Å². The molecule has 15 heavy (non-hydrogen) atoms. The van der Waals surface area contributed by atoms with Crippen molar-refractivity contribution in [3.05, 3.63) is 29.8 Å². The van der Waals surface area contributed by atoms with Crippen LogP contribution in [0.4, 0.5) is 0 Å². The molecule has 82 valence electrons. The third kappa shape index (κ3) is 3.91. The molecule has 1 aromatic rings. The lowest BCUT2D eigenvalue weighted by Crippen LogP contribution is -2.29. The van der Waals surface area contributed by atoms with Crippen molar-refractivity contribution in [3.8, 4) is 5.75 Å². The first-order valence-electron chi connectivity index (χ1n) is 4.73. The Balaban J connectivity index is 2.67. The van der Waals surface area contributed by atoms with Crippen LogP contribution in [0.15, 0.2) is 24.3 Å². The Bertz CT molecular complexity index is 322. The zero-order chi connectivity index (χ0) is 11.3. The molecule has 0 aliphatic heterocycles. The molecule has 0 saturated carbocycles. The molecule has 0 aliphatic carbocycles. The van der Waals surface area contributed by atoms with Crippen LogP contribution in [0.5, 0.6) is 5.75 Å². The van der Waals surface area contributed by atoms with Crippen molar-refractivity contribution in [2.45, 2.75) is 19.9 Å². The highest BCUT2D eigenvalue weighted by molar-refractivity contribution is 9.09. The second kappa shape index (κ2) is 5.75. The van der Waals surface area contributed by atoms with Crippen LogP contribution in [0.3, 0.4) is 0 Å². The van der Waals surface area contributed by atoms with E-state index in [9.17, 15) is 4.79 Å². The summed E-state index contributed by atoms with van der Waals surface area (Å²) >= 11 is 3.16. The number of hydrogen-bond acceptors (Lipinski definition) is 2. The molecule has 0 unspecified atom stereocenters. The van der Waals surface area contributed by atoms with Crippen LogP contribution in [0, 0.1) is 0 Å². The molecular weight excluding hydrogens is 258 g/mol. The average Bonchev–Trinajstić information content (AvgIpc) is 2.18. The van der Waals surface area contributed by atoms with Crippen molar-refractivity contribution in [3.63, 3.8) is 0 Å². The Morgan fingerprint density at radius 3 is 2.47 bits per heavy atom. The number of rotatable bonds is 4. The number of ether oxygens (including phenoxy) is 1. The Morgan fingerprint density at radius 1 is 1.40 bits per heavy atom. The minimum atomic E-state index is -0.0598. The van der Waals surface area contributed by atoms with Crippen LogP contribution in [0.1, 0.15) is 24.2 Å². The van der Waals surface area contributed by atoms with Crippen molar-refractivity contribution in [1.82, 2.24) is 5.32 Å². The average molecular weight is 272 g/mol. The highest BCUT2D eigenvalue weighted by atomic mass is 79.9. The van der Waals surface area contributed by atoms with Gasteiger partial charge in [-0.1, -0.05) is 0 Å². The largest absolute Gasteiger partial charge is 0.482 e. The Morgan fingerprint density at radius 2 is 2.00 bits per heavy atom. The topological polar surface area (TPSA) is 38.3 Å². The van der Waals surface area contributed by atoms with Gasteiger partial charge in [0.2, 0.25) is 0 Å². The van der Waals surface area contributed by atoms with Gasteiger partial charge in [-0.25, -0.2) is 0 Å². The second-order valence-electron chi connectivity index (χ2n) is 3.41. The highest BCUT2D eigenvalue weighted by Gasteiger charge is 2.06. The van der Waals surface area contributed by atoms with Crippen molar-refractivity contribution >= 4 is 21.8 Å². The van der Waals surface area contributed by atoms with Crippen LogP contribution >= 0.6 is 15.9 Å². The molecule has 0 saturated heterocycles. The number of carbonyl (C=O) groups excluding carboxylic acids is 1. The number of hydrogen-bond donors (Lipinski definition) is 1. The molecule has 0 heterocycles. The van der Waals surface area contributed by atoms with E-state index in [0.29, 0.717) is 11.1 Å². The molecule has 0 aliphatic rings. The Labute approximate surface area is 97.9 Å². The standard InChI is InChI=1S/C11H14BrNO2/c1-8(2)13-11(14)9-3-5-10(6-4-9)15-7-12/h3-6,8H,7H2,1-2H3,(H,13,14). The number of nitrogens with one attached hydrogen (secondary N) is 1. The molecular formula is C11H14BrNO2. The summed E-state index contributed by atoms with van der Waals surface area (Å²) in [6, 6.07) is 7.19. The van der Waals surface area contributed by atoms with Gasteiger partial charge < -0.3 is 10.1 Å². The van der Waals surface area contributed by atoms with Crippen molar-refractivity contribution in [1.29, 1.82) is 0 Å². The van der Waals surface area contributed by atoms with Gasteiger partial charge in [-0.2, -0.15) is 0 Å². The molecule has 0 fully saturated rings. The summed E-state index contributed by atoms with van der Waals surface area (Å²) in [7, 11) is 0. The number of amides is 1. The summed E-state index contributed by atoms with van der Waals surface area (Å²) in [6.07, 6.45) is 0. The first-order valence-corrected chi connectivity index (χ1v) is 5.85. The molecule has 4 heteroatoms. The molecule has 1 amide bonds. The van der Waals surface area contributed by atoms with Gasteiger partial charge in [0.15, 0.2) is 0 Å². The van der Waals surface area contributed by atoms with Crippen molar-refractivity contribution in [2.75, 3.05) is 5.52 Å². The van der Waals surface area contributed by atoms with E-state index in [4.69, 9.17) is 4.74 Å². The van der Waals surface area contributed by atoms with Crippen LogP contribution in [0.2, 0.25) is 0 Å². The van der Waals surface area contributed by atoms with E-state index in [1.54, 1.807) is 24.3 Å². The normalized spacial score (nSPS) is 10.1. The highest BCUT2D eigenvalue weighted by Crippen LogP contribution is 2.12. The first-order chi connectivity index (χ1) is 7.13. The maximum Gasteiger partial charge on any atom is 0.251 e. The van der Waals surface area contributed by atoms with Gasteiger partial charge in [0.25, 0.3) is 5.91 Å². The third-order valence-corrected chi connectivity index (χ3v) is 1.99. The van der Waals surface area contributed by atoms with Crippen molar-refractivity contribution in [2.24, 2.45) is 0 Å². The second-order valence-corrected chi connectivity index (χ2v) is 3.86. The molecule has 1 aromatic carbocycles. The van der Waals surface area contributed by atoms with Gasteiger partial charge in [-0.05, 0) is 54.0 Å². The molecule has 0 aromatic heterocycles. The van der Waals surface area contributed by atoms with Crippen LogP contribution < -0.4 is 10.1 Å². The predicted molar refractivity (Wildman–Crippen MR) is 63.5 cm³/mol. The fourth-order valence-electron chi connectivity index (χ4n) is 1.11. The zero-order valence-electron chi connectivity index (χ0n) is 8.79. The van der Waals surface area contributed by atoms with E-state index in [-0.39, 0.29) is 11.9 Å². The number of alkyl halides is 1. The molecule has 0 atom stereocenters. The van der Waals surface area contributed by atoms with Gasteiger partial charge in [0.1, 0.15) is 11.3 Å².